The summed E-state index contributed by atoms with van der Waals surface area (Å²) in [5.41, 5.74) is 1.53. The Labute approximate surface area is 137 Å². The average Bonchev–Trinajstić information content (AvgIpc) is 2.98. The van der Waals surface area contributed by atoms with Gasteiger partial charge in [-0.1, -0.05) is 16.8 Å². The molecule has 0 aliphatic carbocycles. The molecule has 0 fully saturated rings. The summed E-state index contributed by atoms with van der Waals surface area (Å²) in [5, 5.41) is 4.56. The Morgan fingerprint density at radius 1 is 1.30 bits per heavy atom. The first-order valence-corrected chi connectivity index (χ1v) is 7.29. The summed E-state index contributed by atoms with van der Waals surface area (Å²) in [6.07, 6.45) is 1.65. The summed E-state index contributed by atoms with van der Waals surface area (Å²) in [7, 11) is 1.67. The molecule has 2 aromatic heterocycles. The van der Waals surface area contributed by atoms with E-state index in [-0.39, 0.29) is 12.2 Å². The van der Waals surface area contributed by atoms with Gasteiger partial charge in [0.1, 0.15) is 5.75 Å². The van der Waals surface area contributed by atoms with Crippen LogP contribution in [-0.2, 0) is 13.7 Å². The summed E-state index contributed by atoms with van der Waals surface area (Å²) in [6.45, 7) is 2.06. The van der Waals surface area contributed by atoms with Crippen LogP contribution < -0.4 is 10.3 Å². The van der Waals surface area contributed by atoms with E-state index in [0.717, 1.165) is 5.56 Å². The average molecular weight is 332 g/mol. The molecule has 3 rings (SSSR count). The Balaban J connectivity index is 1.74. The Hall–Kier alpha value is -2.60. The molecule has 0 radical (unpaired) electrons. The maximum atomic E-state index is 11.4. The number of benzene rings is 1. The number of nitrogens with zero attached hydrogens (tertiary/aromatic N) is 3. The quantitative estimate of drug-likeness (QED) is 0.735. The van der Waals surface area contributed by atoms with E-state index in [9.17, 15) is 4.79 Å². The maximum Gasteiger partial charge on any atom is 0.264 e. The van der Waals surface area contributed by atoms with Crippen molar-refractivity contribution in [2.75, 3.05) is 0 Å². The van der Waals surface area contributed by atoms with E-state index in [1.807, 2.05) is 13.0 Å². The van der Waals surface area contributed by atoms with Crippen LogP contribution in [0.4, 0.5) is 0 Å². The largest absolute Gasteiger partial charge is 0.483 e. The van der Waals surface area contributed by atoms with E-state index in [0.29, 0.717) is 28.1 Å². The van der Waals surface area contributed by atoms with Crippen molar-refractivity contribution in [2.24, 2.45) is 7.05 Å². The monoisotopic (exact) mass is 331 g/mol. The van der Waals surface area contributed by atoms with E-state index in [1.54, 1.807) is 31.4 Å². The first-order valence-electron chi connectivity index (χ1n) is 6.91. The molecule has 1 aromatic carbocycles. The zero-order chi connectivity index (χ0) is 16.4. The standard InChI is InChI=1S/C16H14ClN3O3/c1-10-7-12(17)4-5-13(10)22-9-14-18-16(19-23-14)11-3-6-15(21)20(2)8-11/h3-8H,9H2,1-2H3. The Morgan fingerprint density at radius 2 is 2.13 bits per heavy atom. The molecule has 0 N–H and O–H groups in total. The number of hydrogen-bond acceptors (Lipinski definition) is 5. The molecule has 0 saturated carbocycles. The zero-order valence-corrected chi connectivity index (χ0v) is 13.4. The molecule has 2 heterocycles. The third-order valence-corrected chi connectivity index (χ3v) is 3.54. The number of pyridine rings is 1. The van der Waals surface area contributed by atoms with Crippen LogP contribution >= 0.6 is 11.6 Å². The molecule has 0 atom stereocenters. The highest BCUT2D eigenvalue weighted by Crippen LogP contribution is 2.23. The summed E-state index contributed by atoms with van der Waals surface area (Å²) in [5.74, 6) is 1.46. The number of aryl methyl sites for hydroxylation is 2. The summed E-state index contributed by atoms with van der Waals surface area (Å²) in [4.78, 5) is 15.7. The van der Waals surface area contributed by atoms with Crippen molar-refractivity contribution >= 4 is 11.6 Å². The van der Waals surface area contributed by atoms with Crippen molar-refractivity contribution in [2.45, 2.75) is 13.5 Å². The molecule has 0 aliphatic heterocycles. The first-order chi connectivity index (χ1) is 11.0. The molecule has 0 saturated heterocycles. The van der Waals surface area contributed by atoms with Gasteiger partial charge in [0.2, 0.25) is 11.4 Å². The lowest BCUT2D eigenvalue weighted by atomic mass is 10.2. The minimum atomic E-state index is -0.0981. The molecule has 0 aliphatic rings. The number of ether oxygens (including phenoxy) is 1. The molecule has 118 valence electrons. The fraction of sp³-hybridized carbons (Fsp3) is 0.188. The molecule has 0 unspecified atom stereocenters. The summed E-state index contributed by atoms with van der Waals surface area (Å²) < 4.78 is 12.3. The van der Waals surface area contributed by atoms with E-state index in [1.165, 1.54) is 10.6 Å². The van der Waals surface area contributed by atoms with Crippen LogP contribution in [0.5, 0.6) is 5.75 Å². The van der Waals surface area contributed by atoms with Crippen molar-refractivity contribution in [3.8, 4) is 17.1 Å². The van der Waals surface area contributed by atoms with Gasteiger partial charge >= 0.3 is 0 Å². The smallest absolute Gasteiger partial charge is 0.264 e. The van der Waals surface area contributed by atoms with Crippen LogP contribution in [-0.4, -0.2) is 14.7 Å². The van der Waals surface area contributed by atoms with Crippen LogP contribution in [0, 0.1) is 6.92 Å². The van der Waals surface area contributed by atoms with E-state index in [4.69, 9.17) is 20.9 Å². The van der Waals surface area contributed by atoms with Crippen LogP contribution in [0.15, 0.2) is 45.8 Å². The summed E-state index contributed by atoms with van der Waals surface area (Å²) in [6, 6.07) is 8.48. The lowest BCUT2D eigenvalue weighted by Crippen LogP contribution is -2.14. The second-order valence-corrected chi connectivity index (χ2v) is 5.51. The van der Waals surface area contributed by atoms with Crippen LogP contribution in [0.25, 0.3) is 11.4 Å². The Morgan fingerprint density at radius 3 is 2.87 bits per heavy atom. The molecule has 3 aromatic rings. The van der Waals surface area contributed by atoms with Gasteiger partial charge < -0.3 is 13.8 Å². The van der Waals surface area contributed by atoms with Gasteiger partial charge in [0.25, 0.3) is 5.89 Å². The molecular weight excluding hydrogens is 318 g/mol. The van der Waals surface area contributed by atoms with Gasteiger partial charge in [-0.25, -0.2) is 0 Å². The normalized spacial score (nSPS) is 10.7. The van der Waals surface area contributed by atoms with E-state index < -0.39 is 0 Å². The molecule has 7 heteroatoms. The number of aromatic nitrogens is 3. The van der Waals surface area contributed by atoms with Crippen molar-refractivity contribution < 1.29 is 9.26 Å². The third kappa shape index (κ3) is 3.43. The lowest BCUT2D eigenvalue weighted by molar-refractivity contribution is 0.242. The van der Waals surface area contributed by atoms with Gasteiger partial charge in [0, 0.05) is 29.9 Å². The number of hydrogen-bond donors (Lipinski definition) is 0. The molecule has 0 amide bonds. The predicted octanol–water partition coefficient (Wildman–Crippen LogP) is 2.98. The SMILES string of the molecule is Cc1cc(Cl)ccc1OCc1nc(-c2ccc(=O)n(C)c2)no1. The molecule has 6 nitrogen and oxygen atoms in total. The van der Waals surface area contributed by atoms with Gasteiger partial charge in [-0.2, -0.15) is 4.98 Å². The van der Waals surface area contributed by atoms with Crippen LogP contribution in [0.1, 0.15) is 11.5 Å². The Bertz CT molecular complexity index is 902. The second kappa shape index (κ2) is 6.26. The molecule has 0 bridgehead atoms. The molecule has 0 spiro atoms. The zero-order valence-electron chi connectivity index (χ0n) is 12.6. The fourth-order valence-electron chi connectivity index (χ4n) is 2.07. The molecular formula is C16H14ClN3O3. The van der Waals surface area contributed by atoms with Gasteiger partial charge in [-0.15, -0.1) is 0 Å². The minimum absolute atomic E-state index is 0.0981. The van der Waals surface area contributed by atoms with Gasteiger partial charge in [-0.3, -0.25) is 4.79 Å². The maximum absolute atomic E-state index is 11.4. The highest BCUT2D eigenvalue weighted by molar-refractivity contribution is 6.30. The van der Waals surface area contributed by atoms with Gasteiger partial charge in [-0.05, 0) is 36.8 Å². The fourth-order valence-corrected chi connectivity index (χ4v) is 2.30. The van der Waals surface area contributed by atoms with Crippen LogP contribution in [0.3, 0.4) is 0 Å². The van der Waals surface area contributed by atoms with Gasteiger partial charge in [0.05, 0.1) is 0 Å². The summed E-state index contributed by atoms with van der Waals surface area (Å²) >= 11 is 5.91. The predicted molar refractivity (Wildman–Crippen MR) is 85.5 cm³/mol. The molecule has 23 heavy (non-hydrogen) atoms. The van der Waals surface area contributed by atoms with Crippen molar-refractivity contribution in [3.05, 3.63) is 63.4 Å². The number of rotatable bonds is 4. The van der Waals surface area contributed by atoms with Crippen molar-refractivity contribution in [1.82, 2.24) is 14.7 Å². The second-order valence-electron chi connectivity index (χ2n) is 5.08. The highest BCUT2D eigenvalue weighted by atomic mass is 35.5. The van der Waals surface area contributed by atoms with Crippen LogP contribution in [0.2, 0.25) is 5.02 Å². The first kappa shape index (κ1) is 15.3. The van der Waals surface area contributed by atoms with E-state index >= 15 is 0 Å². The highest BCUT2D eigenvalue weighted by Gasteiger charge is 2.10. The van der Waals surface area contributed by atoms with Crippen molar-refractivity contribution in [1.29, 1.82) is 0 Å². The lowest BCUT2D eigenvalue weighted by Gasteiger charge is -2.06. The number of halogens is 1. The third-order valence-electron chi connectivity index (χ3n) is 3.30. The Kier molecular flexibility index (Phi) is 4.16. The minimum Gasteiger partial charge on any atom is -0.483 e. The van der Waals surface area contributed by atoms with Crippen molar-refractivity contribution in [3.63, 3.8) is 0 Å². The van der Waals surface area contributed by atoms with E-state index in [2.05, 4.69) is 10.1 Å². The van der Waals surface area contributed by atoms with Gasteiger partial charge in [0.15, 0.2) is 6.61 Å². The topological polar surface area (TPSA) is 70.2 Å².